The Morgan fingerprint density at radius 3 is 2.81 bits per heavy atom. The molecule has 21 heavy (non-hydrogen) atoms. The average molecular weight is 281 g/mol. The van der Waals surface area contributed by atoms with Gasteiger partial charge in [0.1, 0.15) is 11.8 Å². The molecule has 7 heteroatoms. The molecule has 3 aromatic rings. The van der Waals surface area contributed by atoms with Crippen LogP contribution in [0.4, 0.5) is 0 Å². The van der Waals surface area contributed by atoms with Crippen molar-refractivity contribution in [2.24, 2.45) is 0 Å². The predicted molar refractivity (Wildman–Crippen MR) is 71.7 cm³/mol. The van der Waals surface area contributed by atoms with Crippen LogP contribution in [0.15, 0.2) is 41.3 Å². The summed E-state index contributed by atoms with van der Waals surface area (Å²) in [5, 5.41) is 23.2. The third-order valence-corrected chi connectivity index (χ3v) is 3.15. The zero-order chi connectivity index (χ0) is 14.9. The van der Waals surface area contributed by atoms with E-state index in [1.54, 1.807) is 43.7 Å². The summed E-state index contributed by atoms with van der Waals surface area (Å²) in [6.45, 7) is 1.57. The minimum Gasteiger partial charge on any atom is -0.376 e. The number of hydrogen-bond donors (Lipinski definition) is 2. The molecule has 0 fully saturated rings. The molecule has 0 radical (unpaired) electrons. The van der Waals surface area contributed by atoms with Gasteiger partial charge in [-0.05, 0) is 30.7 Å². The van der Waals surface area contributed by atoms with Crippen LogP contribution in [0, 0.1) is 11.3 Å². The van der Waals surface area contributed by atoms with E-state index in [1.807, 2.05) is 6.07 Å². The number of nitrogens with one attached hydrogen (secondary N) is 1. The van der Waals surface area contributed by atoms with Gasteiger partial charge in [-0.2, -0.15) is 10.2 Å². The highest BCUT2D eigenvalue weighted by atomic mass is 16.5. The Bertz CT molecular complexity index is 798. The second-order valence-electron chi connectivity index (χ2n) is 4.65. The smallest absolute Gasteiger partial charge is 0.263 e. The van der Waals surface area contributed by atoms with Gasteiger partial charge in [-0.1, -0.05) is 5.16 Å². The van der Waals surface area contributed by atoms with E-state index in [-0.39, 0.29) is 5.89 Å². The fourth-order valence-corrected chi connectivity index (χ4v) is 1.93. The van der Waals surface area contributed by atoms with Gasteiger partial charge in [-0.15, -0.1) is 0 Å². The average Bonchev–Trinajstić information content (AvgIpc) is 3.17. The van der Waals surface area contributed by atoms with Gasteiger partial charge in [0.05, 0.1) is 0 Å². The molecule has 2 N–H and O–H groups in total. The van der Waals surface area contributed by atoms with Crippen LogP contribution in [0.1, 0.15) is 24.1 Å². The van der Waals surface area contributed by atoms with Crippen LogP contribution in [0.5, 0.6) is 0 Å². The van der Waals surface area contributed by atoms with Gasteiger partial charge in [0.25, 0.3) is 5.89 Å². The number of H-pyrrole nitrogens is 1. The van der Waals surface area contributed by atoms with Crippen molar-refractivity contribution in [2.45, 2.75) is 12.5 Å². The number of nitrogens with zero attached hydrogens (tertiary/aromatic N) is 4. The number of aromatic amines is 1. The first-order chi connectivity index (χ1) is 10.1. The molecule has 104 valence electrons. The minimum atomic E-state index is -1.41. The first-order valence-corrected chi connectivity index (χ1v) is 6.17. The quantitative estimate of drug-likeness (QED) is 0.754. The van der Waals surface area contributed by atoms with Crippen LogP contribution in [-0.2, 0) is 5.60 Å². The van der Waals surface area contributed by atoms with Crippen LogP contribution >= 0.6 is 0 Å². The molecule has 0 saturated carbocycles. The van der Waals surface area contributed by atoms with E-state index in [4.69, 9.17) is 9.78 Å². The largest absolute Gasteiger partial charge is 0.376 e. The number of aliphatic hydroxyl groups is 1. The van der Waals surface area contributed by atoms with Gasteiger partial charge in [-0.25, -0.2) is 0 Å². The lowest BCUT2D eigenvalue weighted by molar-refractivity contribution is 0.0637. The number of rotatable bonds is 3. The summed E-state index contributed by atoms with van der Waals surface area (Å²) < 4.78 is 5.15. The fourth-order valence-electron chi connectivity index (χ4n) is 1.93. The third kappa shape index (κ3) is 2.28. The SMILES string of the molecule is CC(O)(c1ccncc1)c1nc(-c2c[nH]c(C#N)c2)no1. The van der Waals surface area contributed by atoms with E-state index in [9.17, 15) is 5.11 Å². The second kappa shape index (κ2) is 4.85. The summed E-state index contributed by atoms with van der Waals surface area (Å²) in [6, 6.07) is 6.94. The van der Waals surface area contributed by atoms with E-state index < -0.39 is 5.60 Å². The van der Waals surface area contributed by atoms with Crippen LogP contribution in [0.25, 0.3) is 11.4 Å². The standard InChI is InChI=1S/C14H11N5O2/c1-14(20,10-2-4-16-5-3-10)13-18-12(19-21-13)9-6-11(7-15)17-8-9/h2-6,8,17,20H,1H3. The van der Waals surface area contributed by atoms with E-state index in [1.165, 1.54) is 0 Å². The van der Waals surface area contributed by atoms with Crippen molar-refractivity contribution < 1.29 is 9.63 Å². The number of nitriles is 1. The summed E-state index contributed by atoms with van der Waals surface area (Å²) in [5.74, 6) is 0.375. The van der Waals surface area contributed by atoms with Crippen LogP contribution in [-0.4, -0.2) is 25.2 Å². The fraction of sp³-hybridized carbons (Fsp3) is 0.143. The van der Waals surface area contributed by atoms with Gasteiger partial charge in [0.2, 0.25) is 5.82 Å². The number of aromatic nitrogens is 4. The molecule has 3 rings (SSSR count). The second-order valence-corrected chi connectivity index (χ2v) is 4.65. The lowest BCUT2D eigenvalue weighted by atomic mass is 9.97. The highest BCUT2D eigenvalue weighted by Crippen LogP contribution is 2.29. The van der Waals surface area contributed by atoms with Gasteiger partial charge in [0.15, 0.2) is 5.60 Å². The van der Waals surface area contributed by atoms with Crippen LogP contribution in [0.2, 0.25) is 0 Å². The lowest BCUT2D eigenvalue weighted by Gasteiger charge is -2.18. The first kappa shape index (κ1) is 13.0. The topological polar surface area (TPSA) is 112 Å². The van der Waals surface area contributed by atoms with Gasteiger partial charge >= 0.3 is 0 Å². The monoisotopic (exact) mass is 281 g/mol. The summed E-state index contributed by atoms with van der Waals surface area (Å²) in [5.41, 5.74) is 0.201. The van der Waals surface area contributed by atoms with E-state index in [0.717, 1.165) is 0 Å². The van der Waals surface area contributed by atoms with E-state index in [0.29, 0.717) is 22.6 Å². The highest BCUT2D eigenvalue weighted by molar-refractivity contribution is 5.56. The Balaban J connectivity index is 1.96. The summed E-state index contributed by atoms with van der Waals surface area (Å²) in [6.07, 6.45) is 4.76. The van der Waals surface area contributed by atoms with Gasteiger partial charge in [0, 0.05) is 24.2 Å². The van der Waals surface area contributed by atoms with Crippen molar-refractivity contribution in [2.75, 3.05) is 0 Å². The molecular formula is C14H11N5O2. The molecule has 0 saturated heterocycles. The molecule has 1 atom stereocenters. The molecule has 0 amide bonds. The zero-order valence-corrected chi connectivity index (χ0v) is 11.1. The Labute approximate surface area is 119 Å². The first-order valence-electron chi connectivity index (χ1n) is 6.17. The maximum Gasteiger partial charge on any atom is 0.263 e. The molecule has 0 aliphatic rings. The molecule has 1 unspecified atom stereocenters. The minimum absolute atomic E-state index is 0.0726. The summed E-state index contributed by atoms with van der Waals surface area (Å²) >= 11 is 0. The molecule has 0 aliphatic heterocycles. The molecular weight excluding hydrogens is 270 g/mol. The van der Waals surface area contributed by atoms with Crippen molar-refractivity contribution in [1.29, 1.82) is 5.26 Å². The molecule has 3 heterocycles. The van der Waals surface area contributed by atoms with Crippen LogP contribution < -0.4 is 0 Å². The molecule has 0 bridgehead atoms. The van der Waals surface area contributed by atoms with Gasteiger partial charge in [-0.3, -0.25) is 4.98 Å². The normalized spacial score (nSPS) is 13.6. The van der Waals surface area contributed by atoms with Crippen molar-refractivity contribution in [1.82, 2.24) is 20.1 Å². The molecule has 0 aliphatic carbocycles. The lowest BCUT2D eigenvalue weighted by Crippen LogP contribution is -2.23. The van der Waals surface area contributed by atoms with Crippen molar-refractivity contribution in [3.05, 3.63) is 53.9 Å². The highest BCUT2D eigenvalue weighted by Gasteiger charge is 2.32. The van der Waals surface area contributed by atoms with Crippen molar-refractivity contribution >= 4 is 0 Å². The van der Waals surface area contributed by atoms with E-state index in [2.05, 4.69) is 20.1 Å². The Morgan fingerprint density at radius 2 is 2.14 bits per heavy atom. The Morgan fingerprint density at radius 1 is 1.38 bits per heavy atom. The predicted octanol–water partition coefficient (Wildman–Crippen LogP) is 1.59. The van der Waals surface area contributed by atoms with Crippen LogP contribution in [0.3, 0.4) is 0 Å². The summed E-state index contributed by atoms with van der Waals surface area (Å²) in [4.78, 5) is 10.9. The zero-order valence-electron chi connectivity index (χ0n) is 11.1. The maximum absolute atomic E-state index is 10.6. The van der Waals surface area contributed by atoms with Gasteiger partial charge < -0.3 is 14.6 Å². The Hall–Kier alpha value is -2.98. The Kier molecular flexibility index (Phi) is 3.01. The molecule has 3 aromatic heterocycles. The number of hydrogen-bond acceptors (Lipinski definition) is 6. The molecule has 0 spiro atoms. The van der Waals surface area contributed by atoms with E-state index >= 15 is 0 Å². The molecule has 0 aromatic carbocycles. The van der Waals surface area contributed by atoms with Crippen molar-refractivity contribution in [3.63, 3.8) is 0 Å². The summed E-state index contributed by atoms with van der Waals surface area (Å²) in [7, 11) is 0. The maximum atomic E-state index is 10.6. The molecule has 7 nitrogen and oxygen atoms in total. The third-order valence-electron chi connectivity index (χ3n) is 3.15. The van der Waals surface area contributed by atoms with Crippen molar-refractivity contribution in [3.8, 4) is 17.5 Å². The number of pyridine rings is 1.